The Balaban J connectivity index is 1.65. The van der Waals surface area contributed by atoms with Crippen LogP contribution < -0.4 is 0 Å². The summed E-state index contributed by atoms with van der Waals surface area (Å²) < 4.78 is 0. The summed E-state index contributed by atoms with van der Waals surface area (Å²) in [6.07, 6.45) is 0. The molecular weight excluding hydrogens is 232 g/mol. The molecule has 0 aliphatic carbocycles. The van der Waals surface area contributed by atoms with E-state index in [0.717, 1.165) is 19.6 Å². The van der Waals surface area contributed by atoms with E-state index in [1.54, 1.807) is 0 Å². The lowest BCUT2D eigenvalue weighted by Gasteiger charge is -2.35. The van der Waals surface area contributed by atoms with Gasteiger partial charge < -0.3 is 0 Å². The molecule has 1 saturated heterocycles. The fraction of sp³-hybridized carbons (Fsp3) is 0.235. The largest absolute Gasteiger partial charge is 0.296 e. The minimum Gasteiger partial charge on any atom is -0.296 e. The molecule has 0 saturated carbocycles. The van der Waals surface area contributed by atoms with Crippen LogP contribution in [0.1, 0.15) is 5.56 Å². The SMILES string of the molecule is N#CC1CN(Cc2ccc(-c3ccccc3)cc2)C1. The Morgan fingerprint density at radius 2 is 1.58 bits per heavy atom. The maximum Gasteiger partial charge on any atom is 0.0717 e. The summed E-state index contributed by atoms with van der Waals surface area (Å²) in [5.74, 6) is 0.239. The lowest BCUT2D eigenvalue weighted by atomic mass is 10.00. The van der Waals surface area contributed by atoms with Gasteiger partial charge in [0.2, 0.25) is 0 Å². The van der Waals surface area contributed by atoms with Crippen molar-refractivity contribution in [2.75, 3.05) is 13.1 Å². The molecule has 2 aromatic rings. The van der Waals surface area contributed by atoms with E-state index in [2.05, 4.69) is 59.5 Å². The van der Waals surface area contributed by atoms with Gasteiger partial charge in [-0.1, -0.05) is 54.6 Å². The molecule has 0 atom stereocenters. The standard InChI is InChI=1S/C17H16N2/c18-10-15-12-19(13-15)11-14-6-8-17(9-7-14)16-4-2-1-3-5-16/h1-9,15H,11-13H2. The van der Waals surface area contributed by atoms with E-state index in [9.17, 15) is 0 Å². The van der Waals surface area contributed by atoms with Crippen molar-refractivity contribution in [2.45, 2.75) is 6.54 Å². The second-order valence-corrected chi connectivity index (χ2v) is 5.08. The normalized spacial score (nSPS) is 15.7. The van der Waals surface area contributed by atoms with E-state index in [0.29, 0.717) is 0 Å². The Kier molecular flexibility index (Phi) is 3.31. The van der Waals surface area contributed by atoms with Crippen LogP contribution in [-0.4, -0.2) is 18.0 Å². The van der Waals surface area contributed by atoms with Crippen LogP contribution in [0.2, 0.25) is 0 Å². The molecule has 1 fully saturated rings. The van der Waals surface area contributed by atoms with Gasteiger partial charge in [-0.2, -0.15) is 5.26 Å². The van der Waals surface area contributed by atoms with Gasteiger partial charge in [0.15, 0.2) is 0 Å². The second-order valence-electron chi connectivity index (χ2n) is 5.08. The van der Waals surface area contributed by atoms with E-state index in [-0.39, 0.29) is 5.92 Å². The van der Waals surface area contributed by atoms with Crippen molar-refractivity contribution in [2.24, 2.45) is 5.92 Å². The smallest absolute Gasteiger partial charge is 0.0717 e. The van der Waals surface area contributed by atoms with Crippen LogP contribution >= 0.6 is 0 Å². The summed E-state index contributed by atoms with van der Waals surface area (Å²) in [7, 11) is 0. The molecule has 0 N–H and O–H groups in total. The fourth-order valence-corrected chi connectivity index (χ4v) is 2.47. The highest BCUT2D eigenvalue weighted by Crippen LogP contribution is 2.22. The summed E-state index contributed by atoms with van der Waals surface area (Å²) in [5.41, 5.74) is 3.82. The van der Waals surface area contributed by atoms with Crippen LogP contribution in [0, 0.1) is 17.2 Å². The molecule has 0 radical (unpaired) electrons. The van der Waals surface area contributed by atoms with Crippen molar-refractivity contribution in [3.8, 4) is 17.2 Å². The van der Waals surface area contributed by atoms with Gasteiger partial charge >= 0.3 is 0 Å². The molecule has 1 heterocycles. The molecule has 0 amide bonds. The first-order valence-corrected chi connectivity index (χ1v) is 6.61. The van der Waals surface area contributed by atoms with Crippen LogP contribution in [0.4, 0.5) is 0 Å². The Bertz CT molecular complexity index is 575. The van der Waals surface area contributed by atoms with Gasteiger partial charge in [-0.05, 0) is 16.7 Å². The van der Waals surface area contributed by atoms with Crippen LogP contribution in [-0.2, 0) is 6.54 Å². The van der Waals surface area contributed by atoms with E-state index in [1.807, 2.05) is 6.07 Å². The molecule has 0 bridgehead atoms. The Labute approximate surface area is 113 Å². The fourth-order valence-electron chi connectivity index (χ4n) is 2.47. The monoisotopic (exact) mass is 248 g/mol. The zero-order valence-electron chi connectivity index (χ0n) is 10.8. The van der Waals surface area contributed by atoms with Gasteiger partial charge in [-0.15, -0.1) is 0 Å². The molecule has 2 nitrogen and oxygen atoms in total. The number of hydrogen-bond donors (Lipinski definition) is 0. The lowest BCUT2D eigenvalue weighted by molar-refractivity contribution is 0.127. The molecule has 0 aromatic heterocycles. The number of rotatable bonds is 3. The third-order valence-electron chi connectivity index (χ3n) is 3.61. The Hall–Kier alpha value is -2.11. The molecule has 94 valence electrons. The number of nitriles is 1. The summed E-state index contributed by atoms with van der Waals surface area (Å²) in [6, 6.07) is 21.4. The zero-order valence-corrected chi connectivity index (χ0v) is 10.8. The average molecular weight is 248 g/mol. The van der Waals surface area contributed by atoms with Crippen LogP contribution in [0.25, 0.3) is 11.1 Å². The number of likely N-dealkylation sites (tertiary alicyclic amines) is 1. The van der Waals surface area contributed by atoms with Crippen LogP contribution in [0.15, 0.2) is 54.6 Å². The lowest BCUT2D eigenvalue weighted by Crippen LogP contribution is -2.45. The molecule has 0 unspecified atom stereocenters. The first-order chi connectivity index (χ1) is 9.35. The van der Waals surface area contributed by atoms with Crippen LogP contribution in [0.3, 0.4) is 0 Å². The number of benzene rings is 2. The van der Waals surface area contributed by atoms with E-state index in [1.165, 1.54) is 16.7 Å². The highest BCUT2D eigenvalue weighted by molar-refractivity contribution is 5.63. The summed E-state index contributed by atoms with van der Waals surface area (Å²) in [6.45, 7) is 2.78. The molecule has 0 spiro atoms. The van der Waals surface area contributed by atoms with Crippen molar-refractivity contribution >= 4 is 0 Å². The molecular formula is C17H16N2. The van der Waals surface area contributed by atoms with Gasteiger partial charge in [0.1, 0.15) is 0 Å². The molecule has 3 rings (SSSR count). The minimum absolute atomic E-state index is 0.239. The van der Waals surface area contributed by atoms with Gasteiger partial charge in [0.05, 0.1) is 12.0 Å². The van der Waals surface area contributed by atoms with Crippen molar-refractivity contribution in [3.05, 3.63) is 60.2 Å². The maximum absolute atomic E-state index is 8.76. The van der Waals surface area contributed by atoms with Crippen LogP contribution in [0.5, 0.6) is 0 Å². The Morgan fingerprint density at radius 3 is 2.21 bits per heavy atom. The topological polar surface area (TPSA) is 27.0 Å². The molecule has 19 heavy (non-hydrogen) atoms. The Morgan fingerprint density at radius 1 is 0.947 bits per heavy atom. The quantitative estimate of drug-likeness (QED) is 0.833. The summed E-state index contributed by atoms with van der Waals surface area (Å²) in [4.78, 5) is 2.31. The van der Waals surface area contributed by atoms with Crippen molar-refractivity contribution in [3.63, 3.8) is 0 Å². The molecule has 1 aliphatic heterocycles. The molecule has 1 aliphatic rings. The minimum atomic E-state index is 0.239. The summed E-state index contributed by atoms with van der Waals surface area (Å²) in [5, 5.41) is 8.76. The van der Waals surface area contributed by atoms with E-state index >= 15 is 0 Å². The predicted molar refractivity (Wildman–Crippen MR) is 76.3 cm³/mol. The first-order valence-electron chi connectivity index (χ1n) is 6.61. The average Bonchev–Trinajstić information content (AvgIpc) is 2.44. The second kappa shape index (κ2) is 5.26. The third-order valence-corrected chi connectivity index (χ3v) is 3.61. The van der Waals surface area contributed by atoms with Gasteiger partial charge in [0.25, 0.3) is 0 Å². The number of hydrogen-bond acceptors (Lipinski definition) is 2. The number of nitrogens with zero attached hydrogens (tertiary/aromatic N) is 2. The molecule has 2 heteroatoms. The van der Waals surface area contributed by atoms with Crippen molar-refractivity contribution in [1.82, 2.24) is 4.90 Å². The van der Waals surface area contributed by atoms with Crippen molar-refractivity contribution in [1.29, 1.82) is 5.26 Å². The van der Waals surface area contributed by atoms with Gasteiger partial charge in [0, 0.05) is 19.6 Å². The third kappa shape index (κ3) is 2.67. The first kappa shape index (κ1) is 12.0. The van der Waals surface area contributed by atoms with E-state index in [4.69, 9.17) is 5.26 Å². The highest BCUT2D eigenvalue weighted by Gasteiger charge is 2.25. The summed E-state index contributed by atoms with van der Waals surface area (Å²) >= 11 is 0. The van der Waals surface area contributed by atoms with Gasteiger partial charge in [-0.25, -0.2) is 0 Å². The zero-order chi connectivity index (χ0) is 13.1. The maximum atomic E-state index is 8.76. The predicted octanol–water partition coefficient (Wildman–Crippen LogP) is 3.31. The van der Waals surface area contributed by atoms with E-state index < -0.39 is 0 Å². The highest BCUT2D eigenvalue weighted by atomic mass is 15.2. The van der Waals surface area contributed by atoms with Crippen molar-refractivity contribution < 1.29 is 0 Å². The molecule has 2 aromatic carbocycles. The van der Waals surface area contributed by atoms with Gasteiger partial charge in [-0.3, -0.25) is 4.90 Å².